The summed E-state index contributed by atoms with van der Waals surface area (Å²) < 4.78 is 0. The van der Waals surface area contributed by atoms with Crippen molar-refractivity contribution in [1.82, 2.24) is 10.6 Å². The first kappa shape index (κ1) is 43.3. The summed E-state index contributed by atoms with van der Waals surface area (Å²) in [7, 11) is 6.46. The predicted molar refractivity (Wildman–Crippen MR) is 88.1 cm³/mol. The summed E-state index contributed by atoms with van der Waals surface area (Å²) in [5.41, 5.74) is 0. The van der Waals surface area contributed by atoms with E-state index in [0.29, 0.717) is 0 Å². The molecule has 0 aromatic heterocycles. The Labute approximate surface area is 120 Å². The highest BCUT2D eigenvalue weighted by molar-refractivity contribution is 5.72. The molecule has 0 saturated heterocycles. The van der Waals surface area contributed by atoms with Gasteiger partial charge in [0.25, 0.3) is 0 Å². The quantitative estimate of drug-likeness (QED) is 0.668. The first-order valence-corrected chi connectivity index (χ1v) is 4.25. The average Bonchev–Trinajstić information content (AvgIpc) is 2.20. The smallest absolute Gasteiger partial charge is 0.216 e. The lowest BCUT2D eigenvalue weighted by atomic mass is 10.7. The van der Waals surface area contributed by atoms with Gasteiger partial charge in [-0.05, 0) is 0 Å². The molecule has 0 aliphatic heterocycles. The van der Waals surface area contributed by atoms with Gasteiger partial charge in [-0.1, -0.05) is 29.7 Å². The summed E-state index contributed by atoms with van der Waals surface area (Å²) in [4.78, 5) is 26.3. The number of amides is 2. The Kier molecular flexibility index (Phi) is 101. The van der Waals surface area contributed by atoms with E-state index in [-0.39, 0.29) is 41.5 Å². The molecule has 0 fully saturated rings. The molecular weight excluding hydrogens is 244 g/mol. The van der Waals surface area contributed by atoms with E-state index >= 15 is 0 Å². The zero-order chi connectivity index (χ0) is 12.7. The van der Waals surface area contributed by atoms with Gasteiger partial charge in [-0.25, -0.2) is 9.98 Å². The van der Waals surface area contributed by atoms with E-state index in [1.54, 1.807) is 28.2 Å². The summed E-state index contributed by atoms with van der Waals surface area (Å²) in [5, 5.41) is 4.78. The number of nitrogens with one attached hydrogen (secondary N) is 2. The van der Waals surface area contributed by atoms with Crippen LogP contribution in [0.15, 0.2) is 9.98 Å². The maximum atomic E-state index is 9.70. The van der Waals surface area contributed by atoms with Gasteiger partial charge in [0, 0.05) is 42.0 Å². The predicted octanol–water partition coefficient (Wildman–Crippen LogP) is 2.47. The second kappa shape index (κ2) is 44.1. The Balaban J connectivity index is -0.0000000206. The van der Waals surface area contributed by atoms with Gasteiger partial charge in [-0.2, -0.15) is 0 Å². The molecule has 0 aromatic carbocycles. The van der Waals surface area contributed by atoms with Crippen molar-refractivity contribution in [2.75, 3.05) is 28.2 Å². The Morgan fingerprint density at radius 3 is 0.947 bits per heavy atom. The van der Waals surface area contributed by atoms with E-state index in [1.807, 2.05) is 0 Å². The van der Waals surface area contributed by atoms with Crippen molar-refractivity contribution in [3.63, 3.8) is 0 Å². The van der Waals surface area contributed by atoms with Crippen LogP contribution in [0, 0.1) is 0 Å². The minimum Gasteiger partial charge on any atom is -0.359 e. The maximum Gasteiger partial charge on any atom is 0.216 e. The molecule has 0 saturated carbocycles. The molecule has 0 atom stereocenters. The minimum absolute atomic E-state index is 0. The third-order valence-corrected chi connectivity index (χ3v) is 0.904. The van der Waals surface area contributed by atoms with E-state index in [0.717, 1.165) is 0 Å². The van der Waals surface area contributed by atoms with Crippen LogP contribution >= 0.6 is 0 Å². The van der Waals surface area contributed by atoms with Gasteiger partial charge in [0.1, 0.15) is 0 Å². The molecule has 0 spiro atoms. The summed E-state index contributed by atoms with van der Waals surface area (Å²) in [6, 6.07) is 2.36. The van der Waals surface area contributed by atoms with Gasteiger partial charge in [0.05, 0.1) is 6.01 Å². The summed E-state index contributed by atoms with van der Waals surface area (Å²) in [6.45, 7) is 2.94. The molecule has 6 nitrogen and oxygen atoms in total. The van der Waals surface area contributed by atoms with Crippen LogP contribution in [0.5, 0.6) is 0 Å². The fourth-order valence-electron chi connectivity index (χ4n) is 0.100. The van der Waals surface area contributed by atoms with E-state index < -0.39 is 0 Å². The number of aliphatic imine (C=N–C) groups is 2. The van der Waals surface area contributed by atoms with Crippen LogP contribution in [0.2, 0.25) is 0 Å². The second-order valence-electron chi connectivity index (χ2n) is 2.16. The van der Waals surface area contributed by atoms with Crippen molar-refractivity contribution in [3.05, 3.63) is 0 Å². The number of rotatable bonds is 0. The zero-order valence-electron chi connectivity index (χ0n) is 10.2. The molecule has 0 rings (SSSR count). The van der Waals surface area contributed by atoms with E-state index in [4.69, 9.17) is 0 Å². The van der Waals surface area contributed by atoms with Crippen molar-refractivity contribution in [2.24, 2.45) is 9.98 Å². The minimum atomic E-state index is 0. The van der Waals surface area contributed by atoms with Crippen LogP contribution in [0.3, 0.4) is 0 Å². The fraction of sp³-hybridized carbons (Fsp3) is 0.769. The van der Waals surface area contributed by atoms with Gasteiger partial charge in [-0.3, -0.25) is 9.59 Å². The third kappa shape index (κ3) is 179. The molecule has 6 heteroatoms. The van der Waals surface area contributed by atoms with Crippen LogP contribution < -0.4 is 10.6 Å². The lowest BCUT2D eigenvalue weighted by Gasteiger charge is -1.80. The van der Waals surface area contributed by atoms with Gasteiger partial charge < -0.3 is 10.6 Å². The Morgan fingerprint density at radius 1 is 0.789 bits per heavy atom. The van der Waals surface area contributed by atoms with Gasteiger partial charge in [0.15, 0.2) is 0 Å². The molecule has 19 heavy (non-hydrogen) atoms. The zero-order valence-corrected chi connectivity index (χ0v) is 10.2. The molecule has 0 radical (unpaired) electrons. The fourth-order valence-corrected chi connectivity index (χ4v) is 0.100. The Bertz CT molecular complexity index is 203. The van der Waals surface area contributed by atoms with E-state index in [2.05, 4.69) is 26.6 Å². The van der Waals surface area contributed by atoms with Crippen LogP contribution in [0.4, 0.5) is 0 Å². The van der Waals surface area contributed by atoms with Crippen LogP contribution in [-0.4, -0.2) is 46.0 Å². The van der Waals surface area contributed by atoms with Crippen molar-refractivity contribution < 1.29 is 9.59 Å². The van der Waals surface area contributed by atoms with Crippen LogP contribution in [-0.2, 0) is 9.59 Å². The topological polar surface area (TPSA) is 82.9 Å². The molecular formula is C13H36N4O2. The first-order chi connectivity index (χ1) is 6.95. The van der Waals surface area contributed by atoms with E-state index in [9.17, 15) is 9.59 Å². The average molecular weight is 280 g/mol. The number of hydrogen-bond acceptors (Lipinski definition) is 4. The lowest BCUT2D eigenvalue weighted by molar-refractivity contribution is -0.119. The molecule has 0 aliphatic rings. The maximum absolute atomic E-state index is 9.70. The Morgan fingerprint density at radius 2 is 0.947 bits per heavy atom. The Hall–Kier alpha value is -1.68. The van der Waals surface area contributed by atoms with Crippen molar-refractivity contribution in [3.8, 4) is 0 Å². The third-order valence-electron chi connectivity index (χ3n) is 0.904. The lowest BCUT2D eigenvalue weighted by Crippen LogP contribution is -2.11. The van der Waals surface area contributed by atoms with Crippen LogP contribution in [0.1, 0.15) is 43.6 Å². The van der Waals surface area contributed by atoms with Crippen molar-refractivity contribution in [2.45, 2.75) is 43.6 Å². The van der Waals surface area contributed by atoms with Gasteiger partial charge in [0.2, 0.25) is 11.8 Å². The first-order valence-electron chi connectivity index (χ1n) is 4.25. The molecule has 0 unspecified atom stereocenters. The molecule has 0 aromatic rings. The summed E-state index contributed by atoms with van der Waals surface area (Å²) in [5.74, 6) is 0.00926. The number of nitrogens with zero attached hydrogens (tertiary/aromatic N) is 2. The summed E-state index contributed by atoms with van der Waals surface area (Å²) >= 11 is 0. The SMILES string of the molecule is C.C.C.C.CN=C=NC.CNC(C)=O.CNC(C)=O. The highest BCUT2D eigenvalue weighted by Crippen LogP contribution is 1.45. The summed E-state index contributed by atoms with van der Waals surface area (Å²) in [6.07, 6.45) is 0. The highest BCUT2D eigenvalue weighted by atomic mass is 16.1. The highest BCUT2D eigenvalue weighted by Gasteiger charge is 1.73. The van der Waals surface area contributed by atoms with Gasteiger partial charge >= 0.3 is 0 Å². The number of hydrogen-bond donors (Lipinski definition) is 2. The van der Waals surface area contributed by atoms with Crippen LogP contribution in [0.25, 0.3) is 0 Å². The molecule has 0 aliphatic carbocycles. The van der Waals surface area contributed by atoms with Crippen molar-refractivity contribution >= 4 is 17.8 Å². The monoisotopic (exact) mass is 280 g/mol. The molecule has 0 heterocycles. The normalized spacial score (nSPS) is 4.95. The molecule has 120 valence electrons. The standard InChI is InChI=1S/C3H6N2.2C3H7NO.4CH4/c1-4-3-5-2;2*1-3(5)4-2;;;;/h1-2H3;2*1-2H3,(H,4,5);4*1H4. The second-order valence-corrected chi connectivity index (χ2v) is 2.16. The van der Waals surface area contributed by atoms with Gasteiger partial charge in [-0.15, -0.1) is 0 Å². The van der Waals surface area contributed by atoms with Crippen molar-refractivity contribution in [1.29, 1.82) is 0 Å². The number of carbonyl (C=O) groups excluding carboxylic acids is 2. The molecule has 2 N–H and O–H groups in total. The molecule has 0 bridgehead atoms. The molecule has 2 amide bonds. The van der Waals surface area contributed by atoms with E-state index in [1.165, 1.54) is 13.8 Å². The number of carbonyl (C=O) groups is 2. The largest absolute Gasteiger partial charge is 0.359 e.